The van der Waals surface area contributed by atoms with E-state index in [1.807, 2.05) is 0 Å². The van der Waals surface area contributed by atoms with Crippen LogP contribution in [0.25, 0.3) is 0 Å². The van der Waals surface area contributed by atoms with Gasteiger partial charge in [0.2, 0.25) is 0 Å². The zero-order valence-corrected chi connectivity index (χ0v) is 18.3. The largest absolute Gasteiger partial charge is 0.462 e. The van der Waals surface area contributed by atoms with Crippen molar-refractivity contribution in [1.82, 2.24) is 0 Å². The third-order valence-electron chi connectivity index (χ3n) is 3.76. The van der Waals surface area contributed by atoms with Crippen LogP contribution < -0.4 is 0 Å². The summed E-state index contributed by atoms with van der Waals surface area (Å²) in [5.74, 6) is -2.85. The number of aliphatic hydroxyl groups is 1. The lowest BCUT2D eigenvalue weighted by atomic mass is 9.92. The molecule has 1 N–H and O–H groups in total. The van der Waals surface area contributed by atoms with Crippen LogP contribution in [0.15, 0.2) is 48.1 Å². The highest BCUT2D eigenvalue weighted by molar-refractivity contribution is 5.88. The van der Waals surface area contributed by atoms with E-state index in [-0.39, 0.29) is 25.4 Å². The summed E-state index contributed by atoms with van der Waals surface area (Å²) in [6.07, 6.45) is 9.34. The van der Waals surface area contributed by atoms with Gasteiger partial charge < -0.3 is 24.1 Å². The van der Waals surface area contributed by atoms with Gasteiger partial charge in [-0.25, -0.2) is 19.2 Å². The van der Waals surface area contributed by atoms with Crippen LogP contribution in [0.1, 0.15) is 27.7 Å². The number of carbonyl (C=O) groups is 4. The van der Waals surface area contributed by atoms with Crippen molar-refractivity contribution in [2.45, 2.75) is 27.7 Å². The van der Waals surface area contributed by atoms with Crippen molar-refractivity contribution < 1.29 is 43.2 Å². The minimum Gasteiger partial charge on any atom is -0.462 e. The summed E-state index contributed by atoms with van der Waals surface area (Å²) in [5.41, 5.74) is -1.37. The predicted molar refractivity (Wildman–Crippen MR) is 112 cm³/mol. The fraction of sp³-hybridized carbons (Fsp3) is 0.455. The molecule has 0 aliphatic rings. The molecule has 0 heterocycles. The van der Waals surface area contributed by atoms with Crippen LogP contribution in [0.4, 0.5) is 0 Å². The second kappa shape index (κ2) is 15.6. The van der Waals surface area contributed by atoms with Crippen LogP contribution in [0.2, 0.25) is 0 Å². The standard InChI is InChI=1S/C22H30O9/c1-5-9-18(24)28-13-22(14-29-19(25)10-6-2,15-30-20(26)11-7-3)16-31-21(27)17(8-4)12-23/h5-11,23H,12-16H2,1-4H3/b9-5+,10-6+,11-7+,17-8+. The number of rotatable bonds is 13. The summed E-state index contributed by atoms with van der Waals surface area (Å²) in [6, 6.07) is 0. The molecule has 0 spiro atoms. The molecule has 0 bridgehead atoms. The van der Waals surface area contributed by atoms with Gasteiger partial charge >= 0.3 is 23.9 Å². The van der Waals surface area contributed by atoms with Gasteiger partial charge in [0.15, 0.2) is 0 Å². The summed E-state index contributed by atoms with van der Waals surface area (Å²) in [6.45, 7) is 4.35. The molecule has 172 valence electrons. The predicted octanol–water partition coefficient (Wildman–Crippen LogP) is 1.81. The lowest BCUT2D eigenvalue weighted by Crippen LogP contribution is -2.43. The quantitative estimate of drug-likeness (QED) is 0.260. The minimum absolute atomic E-state index is 0.0108. The van der Waals surface area contributed by atoms with Crippen molar-refractivity contribution in [3.05, 3.63) is 48.1 Å². The molecular weight excluding hydrogens is 408 g/mol. The lowest BCUT2D eigenvalue weighted by Gasteiger charge is -2.31. The summed E-state index contributed by atoms with van der Waals surface area (Å²) in [5, 5.41) is 9.23. The number of allylic oxidation sites excluding steroid dienone is 4. The molecule has 0 amide bonds. The number of esters is 4. The lowest BCUT2D eigenvalue weighted by molar-refractivity contribution is -0.164. The highest BCUT2D eigenvalue weighted by Crippen LogP contribution is 2.22. The topological polar surface area (TPSA) is 125 Å². The summed E-state index contributed by atoms with van der Waals surface area (Å²) in [7, 11) is 0. The van der Waals surface area contributed by atoms with Crippen LogP contribution in [0.3, 0.4) is 0 Å². The van der Waals surface area contributed by atoms with Crippen LogP contribution in [0, 0.1) is 5.41 Å². The molecular formula is C22H30O9. The number of carbonyl (C=O) groups excluding carboxylic acids is 4. The SMILES string of the molecule is C/C=C/C(=O)OCC(COC(=O)/C=C/C)(COC(=O)/C=C/C)COC(=O)/C(=C/C)CO. The smallest absolute Gasteiger partial charge is 0.336 e. The molecule has 0 unspecified atom stereocenters. The van der Waals surface area contributed by atoms with Crippen molar-refractivity contribution in [3.63, 3.8) is 0 Å². The van der Waals surface area contributed by atoms with Gasteiger partial charge in [0.25, 0.3) is 0 Å². The van der Waals surface area contributed by atoms with E-state index in [1.54, 1.807) is 27.7 Å². The van der Waals surface area contributed by atoms with Gasteiger partial charge in [-0.1, -0.05) is 24.3 Å². The van der Waals surface area contributed by atoms with E-state index in [2.05, 4.69) is 0 Å². The number of hydrogen-bond acceptors (Lipinski definition) is 9. The Labute approximate surface area is 182 Å². The molecule has 9 nitrogen and oxygen atoms in total. The summed E-state index contributed by atoms with van der Waals surface area (Å²) in [4.78, 5) is 47.6. The Bertz CT molecular complexity index is 660. The van der Waals surface area contributed by atoms with Crippen LogP contribution in [-0.2, 0) is 38.1 Å². The van der Waals surface area contributed by atoms with Gasteiger partial charge in [0.1, 0.15) is 31.8 Å². The molecule has 0 saturated carbocycles. The highest BCUT2D eigenvalue weighted by atomic mass is 16.6. The number of ether oxygens (including phenoxy) is 4. The Balaban J connectivity index is 5.73. The minimum atomic E-state index is -1.38. The van der Waals surface area contributed by atoms with E-state index >= 15 is 0 Å². The number of aliphatic hydroxyl groups excluding tert-OH is 1. The summed E-state index contributed by atoms with van der Waals surface area (Å²) < 4.78 is 20.8. The van der Waals surface area contributed by atoms with E-state index in [1.165, 1.54) is 42.5 Å². The molecule has 0 aliphatic heterocycles. The van der Waals surface area contributed by atoms with Crippen molar-refractivity contribution >= 4 is 23.9 Å². The zero-order valence-electron chi connectivity index (χ0n) is 18.3. The normalized spacial score (nSPS) is 12.4. The fourth-order valence-electron chi connectivity index (χ4n) is 2.06. The van der Waals surface area contributed by atoms with Gasteiger partial charge in [-0.05, 0) is 27.7 Å². The Morgan fingerprint density at radius 2 is 1.03 bits per heavy atom. The zero-order chi connectivity index (χ0) is 23.7. The van der Waals surface area contributed by atoms with Gasteiger partial charge in [0, 0.05) is 18.2 Å². The molecule has 0 rings (SSSR count). The molecule has 0 saturated heterocycles. The van der Waals surface area contributed by atoms with Crippen molar-refractivity contribution in [3.8, 4) is 0 Å². The Morgan fingerprint density at radius 3 is 1.32 bits per heavy atom. The van der Waals surface area contributed by atoms with Crippen LogP contribution in [-0.4, -0.2) is 62.0 Å². The average molecular weight is 438 g/mol. The van der Waals surface area contributed by atoms with Crippen molar-refractivity contribution in [1.29, 1.82) is 0 Å². The Kier molecular flexibility index (Phi) is 14.0. The second-order valence-corrected chi connectivity index (χ2v) is 6.37. The van der Waals surface area contributed by atoms with Gasteiger partial charge in [-0.3, -0.25) is 0 Å². The third kappa shape index (κ3) is 11.5. The number of hydrogen-bond donors (Lipinski definition) is 1. The molecule has 0 aliphatic carbocycles. The van der Waals surface area contributed by atoms with Crippen LogP contribution >= 0.6 is 0 Å². The van der Waals surface area contributed by atoms with E-state index in [0.717, 1.165) is 0 Å². The van der Waals surface area contributed by atoms with E-state index in [0.29, 0.717) is 0 Å². The molecule has 0 aromatic carbocycles. The molecule has 9 heteroatoms. The van der Waals surface area contributed by atoms with Gasteiger partial charge in [-0.15, -0.1) is 0 Å². The first-order chi connectivity index (χ1) is 14.8. The Hall–Kier alpha value is -3.20. The molecule has 0 aromatic rings. The second-order valence-electron chi connectivity index (χ2n) is 6.37. The maximum atomic E-state index is 12.2. The van der Waals surface area contributed by atoms with E-state index in [9.17, 15) is 24.3 Å². The Morgan fingerprint density at radius 1 is 0.677 bits per heavy atom. The maximum Gasteiger partial charge on any atom is 0.336 e. The van der Waals surface area contributed by atoms with Crippen molar-refractivity contribution in [2.75, 3.05) is 33.0 Å². The van der Waals surface area contributed by atoms with Crippen molar-refractivity contribution in [2.24, 2.45) is 5.41 Å². The molecule has 31 heavy (non-hydrogen) atoms. The van der Waals surface area contributed by atoms with E-state index < -0.39 is 42.5 Å². The first-order valence-electron chi connectivity index (χ1n) is 9.59. The first-order valence-corrected chi connectivity index (χ1v) is 9.59. The summed E-state index contributed by atoms with van der Waals surface area (Å²) >= 11 is 0. The highest BCUT2D eigenvalue weighted by Gasteiger charge is 2.37. The maximum absolute atomic E-state index is 12.2. The van der Waals surface area contributed by atoms with E-state index in [4.69, 9.17) is 18.9 Å². The molecule has 0 fully saturated rings. The third-order valence-corrected chi connectivity index (χ3v) is 3.76. The molecule has 0 atom stereocenters. The van der Waals surface area contributed by atoms with Gasteiger partial charge in [0.05, 0.1) is 12.2 Å². The monoisotopic (exact) mass is 438 g/mol. The molecule has 0 radical (unpaired) electrons. The van der Waals surface area contributed by atoms with Gasteiger partial charge in [-0.2, -0.15) is 0 Å². The van der Waals surface area contributed by atoms with Crippen LogP contribution in [0.5, 0.6) is 0 Å². The average Bonchev–Trinajstić information content (AvgIpc) is 2.74. The first kappa shape index (κ1) is 27.8. The fourth-order valence-corrected chi connectivity index (χ4v) is 2.06. The molecule has 0 aromatic heterocycles.